The molecule has 0 aromatic heterocycles. The van der Waals surface area contributed by atoms with Gasteiger partial charge in [0.05, 0.1) is 0 Å². The number of hydrogen-bond acceptors (Lipinski definition) is 3. The summed E-state index contributed by atoms with van der Waals surface area (Å²) in [6.07, 6.45) is 0. The maximum Gasteiger partial charge on any atom is 0.265 e. The lowest BCUT2D eigenvalue weighted by Gasteiger charge is -1.68. The van der Waals surface area contributed by atoms with Crippen LogP contribution in [-0.4, -0.2) is 14.4 Å². The smallest absolute Gasteiger partial charge is 0.233 e. The van der Waals surface area contributed by atoms with E-state index >= 15 is 0 Å². The van der Waals surface area contributed by atoms with Crippen molar-refractivity contribution in [1.29, 1.82) is 0 Å². The first-order valence-corrected chi connectivity index (χ1v) is 3.59. The Morgan fingerprint density at radius 2 is 2.00 bits per heavy atom. The molecule has 40 valence electrons. The minimum Gasteiger partial charge on any atom is -0.233 e. The van der Waals surface area contributed by atoms with Gasteiger partial charge >= 0.3 is 0 Å². The standard InChI is InChI=1S/C2HClO3S/c3-7(5,6)2-1-4/h2H. The molecule has 0 N–H and O–H groups in total. The van der Waals surface area contributed by atoms with E-state index < -0.39 is 9.05 Å². The van der Waals surface area contributed by atoms with Gasteiger partial charge in [-0.25, -0.2) is 13.2 Å². The first-order chi connectivity index (χ1) is 3.06. The fraction of sp³-hybridized carbons (Fsp3) is 0. The molecule has 3 nitrogen and oxygen atoms in total. The second-order valence-electron chi connectivity index (χ2n) is 0.711. The lowest BCUT2D eigenvalue weighted by atomic mass is 11.2. The predicted molar refractivity (Wildman–Crippen MR) is 25.0 cm³/mol. The van der Waals surface area contributed by atoms with Gasteiger partial charge in [0.25, 0.3) is 9.05 Å². The fourth-order valence-electron chi connectivity index (χ4n) is 0.0575. The van der Waals surface area contributed by atoms with E-state index in [0.717, 1.165) is 5.94 Å². The van der Waals surface area contributed by atoms with Gasteiger partial charge in [0.1, 0.15) is 11.3 Å². The Morgan fingerprint density at radius 1 is 1.57 bits per heavy atom. The summed E-state index contributed by atoms with van der Waals surface area (Å²) in [5.74, 6) is 1.01. The van der Waals surface area contributed by atoms with Crippen molar-refractivity contribution in [3.05, 3.63) is 5.41 Å². The van der Waals surface area contributed by atoms with E-state index in [1.807, 2.05) is 0 Å². The third-order valence-corrected chi connectivity index (χ3v) is 0.834. The quantitative estimate of drug-likeness (QED) is 0.378. The van der Waals surface area contributed by atoms with Crippen molar-refractivity contribution in [2.45, 2.75) is 0 Å². The first kappa shape index (κ1) is 6.69. The van der Waals surface area contributed by atoms with E-state index in [0.29, 0.717) is 0 Å². The highest BCUT2D eigenvalue weighted by molar-refractivity contribution is 8.16. The highest BCUT2D eigenvalue weighted by Crippen LogP contribution is 1.92. The second-order valence-corrected chi connectivity index (χ2v) is 3.19. The Balaban J connectivity index is 4.44. The monoisotopic (exact) mass is 140 g/mol. The van der Waals surface area contributed by atoms with Gasteiger partial charge in [-0.05, 0) is 0 Å². The van der Waals surface area contributed by atoms with E-state index in [-0.39, 0.29) is 5.41 Å². The zero-order valence-corrected chi connectivity index (χ0v) is 4.66. The molecule has 0 saturated carbocycles. The van der Waals surface area contributed by atoms with Crippen molar-refractivity contribution in [2.75, 3.05) is 0 Å². The first-order valence-electron chi connectivity index (χ1n) is 1.22. The van der Waals surface area contributed by atoms with Crippen LogP contribution >= 0.6 is 10.7 Å². The van der Waals surface area contributed by atoms with Gasteiger partial charge in [0.15, 0.2) is 0 Å². The van der Waals surface area contributed by atoms with Gasteiger partial charge < -0.3 is 0 Å². The summed E-state index contributed by atoms with van der Waals surface area (Å²) >= 11 is 0. The summed E-state index contributed by atoms with van der Waals surface area (Å²) in [5, 5.41) is 0.245. The highest BCUT2D eigenvalue weighted by atomic mass is 35.7. The molecule has 0 rings (SSSR count). The topological polar surface area (TPSA) is 51.2 Å². The summed E-state index contributed by atoms with van der Waals surface area (Å²) in [6.45, 7) is 0. The molecule has 0 heterocycles. The molecule has 0 spiro atoms. The normalized spacial score (nSPS) is 9.86. The number of rotatable bonds is 1. The van der Waals surface area contributed by atoms with Crippen LogP contribution in [0.25, 0.3) is 0 Å². The van der Waals surface area contributed by atoms with Crippen molar-refractivity contribution < 1.29 is 13.2 Å². The van der Waals surface area contributed by atoms with E-state index in [4.69, 9.17) is 0 Å². The molecule has 0 saturated heterocycles. The molecule has 0 aliphatic rings. The second kappa shape index (κ2) is 2.12. The summed E-state index contributed by atoms with van der Waals surface area (Å²) in [6, 6.07) is 0. The van der Waals surface area contributed by atoms with Crippen LogP contribution < -0.4 is 0 Å². The van der Waals surface area contributed by atoms with Crippen LogP contribution in [0.2, 0.25) is 0 Å². The third-order valence-electron chi connectivity index (χ3n) is 0.189. The van der Waals surface area contributed by atoms with Crippen molar-refractivity contribution in [1.82, 2.24) is 0 Å². The molecule has 0 bridgehead atoms. The summed E-state index contributed by atoms with van der Waals surface area (Å²) in [5.41, 5.74) is 0. The molecule has 0 unspecified atom stereocenters. The van der Waals surface area contributed by atoms with Crippen LogP contribution in [0.4, 0.5) is 0 Å². The lowest BCUT2D eigenvalue weighted by Crippen LogP contribution is -1.77. The van der Waals surface area contributed by atoms with Crippen LogP contribution in [0, 0.1) is 0 Å². The Morgan fingerprint density at radius 3 is 2.00 bits per heavy atom. The van der Waals surface area contributed by atoms with Crippen molar-refractivity contribution in [3.8, 4) is 0 Å². The predicted octanol–water partition coefficient (Wildman–Crippen LogP) is -0.0997. The Kier molecular flexibility index (Phi) is 2.02. The van der Waals surface area contributed by atoms with Crippen LogP contribution in [0.3, 0.4) is 0 Å². The lowest BCUT2D eigenvalue weighted by molar-refractivity contribution is 0.569. The number of hydrogen-bond donors (Lipinski definition) is 0. The van der Waals surface area contributed by atoms with E-state index in [1.54, 1.807) is 0 Å². The average Bonchev–Trinajstić information content (AvgIpc) is 1.30. The SMILES string of the molecule is O=C=CS(=O)(=O)Cl. The van der Waals surface area contributed by atoms with Gasteiger partial charge in [-0.1, -0.05) is 0 Å². The summed E-state index contributed by atoms with van der Waals surface area (Å²) < 4.78 is 19.4. The Bertz CT molecular complexity index is 185. The van der Waals surface area contributed by atoms with Crippen molar-refractivity contribution in [3.63, 3.8) is 0 Å². The third kappa shape index (κ3) is 5.69. The minimum atomic E-state index is -3.75. The molecular formula is C2HClO3S. The van der Waals surface area contributed by atoms with Gasteiger partial charge in [0.2, 0.25) is 0 Å². The number of carbonyl (C=O) groups excluding carboxylic acids is 1. The Labute approximate surface area is 45.0 Å². The van der Waals surface area contributed by atoms with Crippen LogP contribution in [0.5, 0.6) is 0 Å². The Hall–Kier alpha value is -0.310. The zero-order chi connectivity index (χ0) is 5.91. The molecule has 0 aromatic carbocycles. The van der Waals surface area contributed by atoms with Gasteiger partial charge in [-0.2, -0.15) is 0 Å². The van der Waals surface area contributed by atoms with Crippen LogP contribution in [0.1, 0.15) is 0 Å². The molecule has 0 aliphatic heterocycles. The molecule has 5 heteroatoms. The maximum atomic E-state index is 9.68. The summed E-state index contributed by atoms with van der Waals surface area (Å²) in [4.78, 5) is 9.18. The maximum absolute atomic E-state index is 9.68. The largest absolute Gasteiger partial charge is 0.265 e. The zero-order valence-electron chi connectivity index (χ0n) is 3.09. The molecule has 0 radical (unpaired) electrons. The van der Waals surface area contributed by atoms with Gasteiger partial charge in [-0.3, -0.25) is 0 Å². The minimum absolute atomic E-state index is 0.245. The van der Waals surface area contributed by atoms with Crippen LogP contribution in [-0.2, 0) is 13.8 Å². The fourth-order valence-corrected chi connectivity index (χ4v) is 0.282. The highest BCUT2D eigenvalue weighted by Gasteiger charge is 1.93. The molecular weight excluding hydrogens is 140 g/mol. The average molecular weight is 141 g/mol. The molecule has 0 aliphatic carbocycles. The van der Waals surface area contributed by atoms with Crippen LogP contribution in [0.15, 0.2) is 5.41 Å². The van der Waals surface area contributed by atoms with Gasteiger partial charge in [-0.15, -0.1) is 0 Å². The molecule has 0 aromatic rings. The number of halogens is 1. The molecule has 0 fully saturated rings. The van der Waals surface area contributed by atoms with E-state index in [2.05, 4.69) is 10.7 Å². The molecule has 0 atom stereocenters. The van der Waals surface area contributed by atoms with E-state index in [1.165, 1.54) is 0 Å². The summed E-state index contributed by atoms with van der Waals surface area (Å²) in [7, 11) is 0.737. The molecule has 7 heavy (non-hydrogen) atoms. The van der Waals surface area contributed by atoms with E-state index in [9.17, 15) is 13.2 Å². The van der Waals surface area contributed by atoms with Gasteiger partial charge in [0, 0.05) is 10.7 Å². The van der Waals surface area contributed by atoms with Crippen molar-refractivity contribution >= 4 is 25.7 Å². The molecule has 0 amide bonds. The van der Waals surface area contributed by atoms with Crippen molar-refractivity contribution in [2.24, 2.45) is 0 Å².